The van der Waals surface area contributed by atoms with Crippen molar-refractivity contribution in [2.75, 3.05) is 7.11 Å². The van der Waals surface area contributed by atoms with Gasteiger partial charge < -0.3 is 9.63 Å². The molecule has 0 saturated carbocycles. The van der Waals surface area contributed by atoms with Crippen molar-refractivity contribution in [1.29, 1.82) is 0 Å². The largest absolute Gasteiger partial charge is 0.472 e. The Kier molecular flexibility index (Phi) is 4.80. The molecule has 21 heavy (non-hydrogen) atoms. The van der Waals surface area contributed by atoms with Crippen LogP contribution in [0, 0.1) is 0 Å². The SMILES string of the molecule is CC[C@H]1O[C@@H](n2ccc(=O)[nH]c2=O)CC1OP(=O)(O)OC. The average molecular weight is 320 g/mol. The molecule has 118 valence electrons. The highest BCUT2D eigenvalue weighted by Crippen LogP contribution is 2.47. The Morgan fingerprint density at radius 1 is 1.57 bits per heavy atom. The fraction of sp³-hybridized carbons (Fsp3) is 0.636. The molecule has 2 rings (SSSR count). The Hall–Kier alpha value is -1.25. The van der Waals surface area contributed by atoms with Gasteiger partial charge in [0.25, 0.3) is 5.56 Å². The lowest BCUT2D eigenvalue weighted by atomic mass is 10.1. The van der Waals surface area contributed by atoms with Crippen molar-refractivity contribution in [2.45, 2.75) is 38.2 Å². The van der Waals surface area contributed by atoms with E-state index in [4.69, 9.17) is 9.26 Å². The third kappa shape index (κ3) is 3.69. The number of hydrogen-bond donors (Lipinski definition) is 2. The first-order valence-electron chi connectivity index (χ1n) is 6.40. The zero-order valence-electron chi connectivity index (χ0n) is 11.6. The van der Waals surface area contributed by atoms with Crippen LogP contribution in [0.4, 0.5) is 0 Å². The highest BCUT2D eigenvalue weighted by atomic mass is 31.2. The van der Waals surface area contributed by atoms with Gasteiger partial charge in [0.15, 0.2) is 0 Å². The fourth-order valence-electron chi connectivity index (χ4n) is 2.21. The van der Waals surface area contributed by atoms with Crippen LogP contribution in [-0.4, -0.2) is 33.8 Å². The molecule has 4 atom stereocenters. The molecule has 1 aliphatic heterocycles. The third-order valence-electron chi connectivity index (χ3n) is 3.24. The number of nitrogens with one attached hydrogen (secondary N) is 1. The van der Waals surface area contributed by atoms with Crippen LogP contribution in [0.15, 0.2) is 21.9 Å². The molecule has 0 spiro atoms. The molecule has 1 fully saturated rings. The number of rotatable bonds is 5. The summed E-state index contributed by atoms with van der Waals surface area (Å²) in [5.41, 5.74) is -1.12. The third-order valence-corrected chi connectivity index (χ3v) is 4.24. The van der Waals surface area contributed by atoms with Gasteiger partial charge in [-0.1, -0.05) is 6.92 Å². The highest BCUT2D eigenvalue weighted by Gasteiger charge is 2.40. The summed E-state index contributed by atoms with van der Waals surface area (Å²) in [5, 5.41) is 0. The van der Waals surface area contributed by atoms with Crippen LogP contribution < -0.4 is 11.2 Å². The van der Waals surface area contributed by atoms with Gasteiger partial charge >= 0.3 is 13.5 Å². The number of phosphoric acid groups is 1. The van der Waals surface area contributed by atoms with E-state index in [9.17, 15) is 19.0 Å². The average Bonchev–Trinajstić information content (AvgIpc) is 2.80. The minimum absolute atomic E-state index is 0.193. The lowest BCUT2D eigenvalue weighted by Gasteiger charge is -2.18. The van der Waals surface area contributed by atoms with Crippen molar-refractivity contribution in [1.82, 2.24) is 9.55 Å². The molecule has 0 aromatic carbocycles. The summed E-state index contributed by atoms with van der Waals surface area (Å²) in [5.74, 6) is 0. The van der Waals surface area contributed by atoms with E-state index in [2.05, 4.69) is 9.51 Å². The summed E-state index contributed by atoms with van der Waals surface area (Å²) < 4.78 is 27.8. The molecule has 0 radical (unpaired) electrons. The maximum atomic E-state index is 11.7. The summed E-state index contributed by atoms with van der Waals surface area (Å²) in [6, 6.07) is 1.20. The van der Waals surface area contributed by atoms with E-state index >= 15 is 0 Å². The second-order valence-electron chi connectivity index (χ2n) is 4.59. The molecule has 0 amide bonds. The first-order chi connectivity index (χ1) is 9.86. The molecular weight excluding hydrogens is 303 g/mol. The van der Waals surface area contributed by atoms with Gasteiger partial charge in [-0.25, -0.2) is 9.36 Å². The molecule has 2 heterocycles. The van der Waals surface area contributed by atoms with Gasteiger partial charge in [0.05, 0.1) is 12.2 Å². The van der Waals surface area contributed by atoms with Crippen molar-refractivity contribution in [3.05, 3.63) is 33.1 Å². The van der Waals surface area contributed by atoms with Crippen molar-refractivity contribution in [3.8, 4) is 0 Å². The molecule has 1 aromatic rings. The van der Waals surface area contributed by atoms with E-state index in [1.165, 1.54) is 16.8 Å². The predicted molar refractivity (Wildman–Crippen MR) is 71.8 cm³/mol. The number of nitrogens with zero attached hydrogens (tertiary/aromatic N) is 1. The Labute approximate surface area is 120 Å². The minimum Gasteiger partial charge on any atom is -0.352 e. The predicted octanol–water partition coefficient (Wildman–Crippen LogP) is 0.366. The molecule has 9 nitrogen and oxygen atoms in total. The normalized spacial score (nSPS) is 28.4. The van der Waals surface area contributed by atoms with Crippen molar-refractivity contribution in [2.24, 2.45) is 0 Å². The van der Waals surface area contributed by atoms with Crippen LogP contribution in [0.25, 0.3) is 0 Å². The summed E-state index contributed by atoms with van der Waals surface area (Å²) in [4.78, 5) is 34.3. The second-order valence-corrected chi connectivity index (χ2v) is 6.10. The molecule has 2 N–H and O–H groups in total. The summed E-state index contributed by atoms with van der Waals surface area (Å²) in [6.45, 7) is 1.83. The zero-order valence-corrected chi connectivity index (χ0v) is 12.5. The van der Waals surface area contributed by atoms with Crippen LogP contribution >= 0.6 is 7.82 Å². The summed E-state index contributed by atoms with van der Waals surface area (Å²) in [6.07, 6.45) is 0.220. The Morgan fingerprint density at radius 3 is 2.86 bits per heavy atom. The van der Waals surface area contributed by atoms with E-state index < -0.39 is 37.5 Å². The molecule has 0 aliphatic carbocycles. The number of H-pyrrole nitrogens is 1. The van der Waals surface area contributed by atoms with Gasteiger partial charge in [0.1, 0.15) is 6.23 Å². The van der Waals surface area contributed by atoms with Crippen LogP contribution in [0.2, 0.25) is 0 Å². The number of aromatic nitrogens is 2. The van der Waals surface area contributed by atoms with Crippen LogP contribution in [0.1, 0.15) is 26.0 Å². The monoisotopic (exact) mass is 320 g/mol. The first-order valence-corrected chi connectivity index (χ1v) is 7.89. The number of hydrogen-bond acceptors (Lipinski definition) is 6. The van der Waals surface area contributed by atoms with Gasteiger partial charge in [0, 0.05) is 25.8 Å². The quantitative estimate of drug-likeness (QED) is 0.752. The van der Waals surface area contributed by atoms with Crippen molar-refractivity contribution >= 4 is 7.82 Å². The van der Waals surface area contributed by atoms with Crippen molar-refractivity contribution in [3.63, 3.8) is 0 Å². The summed E-state index contributed by atoms with van der Waals surface area (Å²) in [7, 11) is -3.07. The molecule has 1 saturated heterocycles. The van der Waals surface area contributed by atoms with Gasteiger partial charge in [-0.05, 0) is 6.42 Å². The lowest BCUT2D eigenvalue weighted by Crippen LogP contribution is -2.31. The Morgan fingerprint density at radius 2 is 2.29 bits per heavy atom. The van der Waals surface area contributed by atoms with Crippen LogP contribution in [0.5, 0.6) is 0 Å². The van der Waals surface area contributed by atoms with Gasteiger partial charge in [-0.15, -0.1) is 0 Å². The first kappa shape index (κ1) is 16.1. The molecule has 0 bridgehead atoms. The van der Waals surface area contributed by atoms with Gasteiger partial charge in [0.2, 0.25) is 0 Å². The van der Waals surface area contributed by atoms with Crippen LogP contribution in [-0.2, 0) is 18.3 Å². The lowest BCUT2D eigenvalue weighted by molar-refractivity contribution is -0.0222. The Balaban J connectivity index is 2.20. The van der Waals surface area contributed by atoms with Gasteiger partial charge in [-0.2, -0.15) is 0 Å². The smallest absolute Gasteiger partial charge is 0.352 e. The van der Waals surface area contributed by atoms with E-state index in [0.717, 1.165) is 7.11 Å². The zero-order chi connectivity index (χ0) is 15.6. The minimum atomic E-state index is -4.14. The maximum Gasteiger partial charge on any atom is 0.472 e. The molecule has 1 aliphatic rings. The maximum absolute atomic E-state index is 11.7. The topological polar surface area (TPSA) is 120 Å². The highest BCUT2D eigenvalue weighted by molar-refractivity contribution is 7.47. The van der Waals surface area contributed by atoms with Gasteiger partial charge in [-0.3, -0.25) is 23.4 Å². The molecule has 1 aromatic heterocycles. The summed E-state index contributed by atoms with van der Waals surface area (Å²) >= 11 is 0. The van der Waals surface area contributed by atoms with Crippen molar-refractivity contribution < 1.29 is 23.2 Å². The molecular formula is C11H17N2O7P. The van der Waals surface area contributed by atoms with E-state index in [-0.39, 0.29) is 6.42 Å². The molecule has 2 unspecified atom stereocenters. The Bertz CT molecular complexity index is 654. The molecule has 10 heteroatoms. The second kappa shape index (κ2) is 6.25. The number of ether oxygens (including phenoxy) is 1. The van der Waals surface area contributed by atoms with Crippen LogP contribution in [0.3, 0.4) is 0 Å². The standard InChI is InChI=1S/C11H17N2O7P/c1-3-7-8(20-21(16,17)18-2)6-10(19-7)13-5-4-9(14)12-11(13)15/h4-5,7-8,10H,3,6H2,1-2H3,(H,16,17)(H,12,14,15)/t7-,8?,10-/m1/s1. The number of phosphoric ester groups is 1. The number of aromatic amines is 1. The van der Waals surface area contributed by atoms with E-state index in [1.54, 1.807) is 0 Å². The fourth-order valence-corrected chi connectivity index (χ4v) is 2.86. The van der Waals surface area contributed by atoms with E-state index in [1.807, 2.05) is 6.92 Å². The van der Waals surface area contributed by atoms with E-state index in [0.29, 0.717) is 6.42 Å².